The molecule has 0 unspecified atom stereocenters. The number of carbonyl (C=O) groups is 3. The molecule has 0 saturated carbocycles. The molecule has 2 atom stereocenters. The van der Waals surface area contributed by atoms with E-state index in [0.29, 0.717) is 21.8 Å². The van der Waals surface area contributed by atoms with Crippen molar-refractivity contribution in [2.24, 2.45) is 0 Å². The summed E-state index contributed by atoms with van der Waals surface area (Å²) in [5.74, 6) is -2.76. The normalized spacial score (nSPS) is 19.3. The summed E-state index contributed by atoms with van der Waals surface area (Å²) in [5, 5.41) is 11.9. The lowest BCUT2D eigenvalue weighted by molar-refractivity contribution is -0.385. The summed E-state index contributed by atoms with van der Waals surface area (Å²) in [5.41, 5.74) is 0.581. The Bertz CT molecular complexity index is 1410. The van der Waals surface area contributed by atoms with Gasteiger partial charge in [-0.2, -0.15) is 0 Å². The Balaban J connectivity index is 1.63. The Morgan fingerprint density at radius 1 is 0.912 bits per heavy atom. The van der Waals surface area contributed by atoms with Crippen LogP contribution in [0.25, 0.3) is 0 Å². The summed E-state index contributed by atoms with van der Waals surface area (Å²) >= 11 is 6.25. The van der Waals surface area contributed by atoms with Gasteiger partial charge in [-0.3, -0.25) is 29.4 Å². The van der Waals surface area contributed by atoms with Gasteiger partial charge >= 0.3 is 0 Å². The number of fused-ring (bicyclic) bond motifs is 1. The monoisotopic (exact) mass is 479 g/mol. The lowest BCUT2D eigenvalue weighted by atomic mass is 9.85. The van der Waals surface area contributed by atoms with Crippen molar-refractivity contribution in [3.8, 4) is 0 Å². The molecule has 10 heteroatoms. The number of nitrogens with zero attached hydrogens (tertiary/aromatic N) is 3. The molecule has 1 fully saturated rings. The number of imide groups is 1. The fourth-order valence-corrected chi connectivity index (χ4v) is 4.70. The van der Waals surface area contributed by atoms with E-state index in [0.717, 1.165) is 11.0 Å². The van der Waals surface area contributed by atoms with Gasteiger partial charge in [0.1, 0.15) is 17.4 Å². The predicted molar refractivity (Wildman–Crippen MR) is 120 cm³/mol. The van der Waals surface area contributed by atoms with Crippen molar-refractivity contribution in [1.82, 2.24) is 4.90 Å². The number of β-lactam (4-membered cyclic amide) rings is 1. The van der Waals surface area contributed by atoms with Gasteiger partial charge in [-0.15, -0.1) is 0 Å². The fraction of sp³-hybridized carbons (Fsp3) is 0.125. The second-order valence-corrected chi connectivity index (χ2v) is 8.38. The number of benzene rings is 3. The molecule has 170 valence electrons. The van der Waals surface area contributed by atoms with Crippen LogP contribution in [0.1, 0.15) is 37.9 Å². The fourth-order valence-electron chi connectivity index (χ4n) is 4.53. The second kappa shape index (κ2) is 7.74. The SMILES string of the molecule is Cc1c(Cl)cccc1N1C(=O)[C@@H](N2C(=O)c3cccc([N+](=O)[O-])c3C2=O)[C@H]1c1ccc(F)cc1. The first-order valence-electron chi connectivity index (χ1n) is 10.2. The van der Waals surface area contributed by atoms with Gasteiger partial charge in [0.25, 0.3) is 23.4 Å². The average Bonchev–Trinajstić information content (AvgIpc) is 3.06. The van der Waals surface area contributed by atoms with E-state index in [1.807, 2.05) is 0 Å². The number of amides is 3. The molecule has 0 aromatic heterocycles. The predicted octanol–water partition coefficient (Wildman–Crippen LogP) is 4.45. The molecule has 0 N–H and O–H groups in total. The van der Waals surface area contributed by atoms with Crippen molar-refractivity contribution in [2.45, 2.75) is 19.0 Å². The van der Waals surface area contributed by atoms with Crippen LogP contribution in [0.3, 0.4) is 0 Å². The van der Waals surface area contributed by atoms with E-state index in [2.05, 4.69) is 0 Å². The minimum Gasteiger partial charge on any atom is -0.300 e. The largest absolute Gasteiger partial charge is 0.300 e. The molecule has 8 nitrogen and oxygen atoms in total. The van der Waals surface area contributed by atoms with Crippen LogP contribution in [-0.2, 0) is 4.79 Å². The van der Waals surface area contributed by atoms with Gasteiger partial charge in [-0.25, -0.2) is 4.39 Å². The third-order valence-corrected chi connectivity index (χ3v) is 6.59. The number of carbonyl (C=O) groups excluding carboxylic acids is 3. The first kappa shape index (κ1) is 21.7. The average molecular weight is 480 g/mol. The summed E-state index contributed by atoms with van der Waals surface area (Å²) < 4.78 is 13.6. The van der Waals surface area contributed by atoms with Gasteiger partial charge in [0.05, 0.1) is 16.5 Å². The molecule has 2 heterocycles. The van der Waals surface area contributed by atoms with Gasteiger partial charge in [0.2, 0.25) is 0 Å². The minimum atomic E-state index is -1.27. The van der Waals surface area contributed by atoms with Gasteiger partial charge < -0.3 is 4.90 Å². The molecule has 2 aliphatic heterocycles. The summed E-state index contributed by atoms with van der Waals surface area (Å²) in [6.45, 7) is 1.73. The maximum Gasteiger partial charge on any atom is 0.282 e. The summed E-state index contributed by atoms with van der Waals surface area (Å²) in [7, 11) is 0. The van der Waals surface area contributed by atoms with Gasteiger partial charge in [-0.1, -0.05) is 35.9 Å². The zero-order valence-corrected chi connectivity index (χ0v) is 18.3. The van der Waals surface area contributed by atoms with Crippen LogP contribution in [-0.4, -0.2) is 33.6 Å². The summed E-state index contributed by atoms with van der Waals surface area (Å²) in [6, 6.07) is 12.0. The molecule has 0 bridgehead atoms. The second-order valence-electron chi connectivity index (χ2n) is 7.97. The maximum absolute atomic E-state index is 13.6. The van der Waals surface area contributed by atoms with Crippen molar-refractivity contribution < 1.29 is 23.7 Å². The Morgan fingerprint density at radius 2 is 1.59 bits per heavy atom. The number of nitro groups is 1. The highest BCUT2D eigenvalue weighted by atomic mass is 35.5. The summed E-state index contributed by atoms with van der Waals surface area (Å²) in [6.07, 6.45) is 0. The Morgan fingerprint density at radius 3 is 2.26 bits per heavy atom. The van der Waals surface area contributed by atoms with Crippen LogP contribution in [0.4, 0.5) is 15.8 Å². The van der Waals surface area contributed by atoms with E-state index in [1.165, 1.54) is 41.3 Å². The first-order valence-corrected chi connectivity index (χ1v) is 10.6. The number of hydrogen-bond donors (Lipinski definition) is 0. The highest BCUT2D eigenvalue weighted by molar-refractivity contribution is 6.32. The zero-order chi connectivity index (χ0) is 24.3. The van der Waals surface area contributed by atoms with E-state index >= 15 is 0 Å². The van der Waals surface area contributed by atoms with Crippen molar-refractivity contribution in [3.05, 3.63) is 104 Å². The standard InChI is InChI=1S/C24H15ClFN3O5/c1-12-16(25)5-3-6-17(12)27-20(13-8-10-14(26)11-9-13)21(24(27)32)28-22(30)15-4-2-7-18(29(33)34)19(15)23(28)31/h2-11,20-21H,1H3/t20-,21+/m1/s1. The number of rotatable bonds is 4. The van der Waals surface area contributed by atoms with E-state index in [9.17, 15) is 28.9 Å². The van der Waals surface area contributed by atoms with E-state index in [-0.39, 0.29) is 11.1 Å². The van der Waals surface area contributed by atoms with Crippen molar-refractivity contribution in [2.75, 3.05) is 4.90 Å². The van der Waals surface area contributed by atoms with Crippen molar-refractivity contribution in [3.63, 3.8) is 0 Å². The quantitative estimate of drug-likeness (QED) is 0.238. The molecule has 3 aromatic carbocycles. The van der Waals surface area contributed by atoms with Crippen LogP contribution >= 0.6 is 11.6 Å². The molecule has 0 radical (unpaired) electrons. The van der Waals surface area contributed by atoms with Crippen LogP contribution < -0.4 is 4.90 Å². The van der Waals surface area contributed by atoms with Crippen LogP contribution in [0, 0.1) is 22.9 Å². The molecule has 34 heavy (non-hydrogen) atoms. The Labute approximate surface area is 197 Å². The van der Waals surface area contributed by atoms with Gasteiger partial charge in [0, 0.05) is 16.8 Å². The minimum absolute atomic E-state index is 0.137. The molecule has 3 amide bonds. The van der Waals surface area contributed by atoms with E-state index in [1.54, 1.807) is 25.1 Å². The maximum atomic E-state index is 13.6. The molecule has 5 rings (SSSR count). The number of nitro benzene ring substituents is 1. The van der Waals surface area contributed by atoms with E-state index < -0.39 is 46.2 Å². The number of halogens is 2. The Hall–Kier alpha value is -4.11. The lowest BCUT2D eigenvalue weighted by Gasteiger charge is -2.50. The molecular weight excluding hydrogens is 465 g/mol. The number of hydrogen-bond acceptors (Lipinski definition) is 5. The lowest BCUT2D eigenvalue weighted by Crippen LogP contribution is -2.67. The highest BCUT2D eigenvalue weighted by Gasteiger charge is 2.58. The summed E-state index contributed by atoms with van der Waals surface area (Å²) in [4.78, 5) is 52.8. The van der Waals surface area contributed by atoms with Crippen molar-refractivity contribution in [1.29, 1.82) is 0 Å². The van der Waals surface area contributed by atoms with Gasteiger partial charge in [0.15, 0.2) is 0 Å². The topological polar surface area (TPSA) is 101 Å². The zero-order valence-electron chi connectivity index (χ0n) is 17.6. The molecular formula is C24H15ClFN3O5. The van der Waals surface area contributed by atoms with Crippen LogP contribution in [0.15, 0.2) is 60.7 Å². The van der Waals surface area contributed by atoms with E-state index in [4.69, 9.17) is 11.6 Å². The Kier molecular flexibility index (Phi) is 4.94. The van der Waals surface area contributed by atoms with Crippen molar-refractivity contribution >= 4 is 40.7 Å². The molecule has 1 saturated heterocycles. The molecule has 0 aliphatic carbocycles. The smallest absolute Gasteiger partial charge is 0.282 e. The molecule has 2 aliphatic rings. The van der Waals surface area contributed by atoms with Crippen LogP contribution in [0.2, 0.25) is 5.02 Å². The third-order valence-electron chi connectivity index (χ3n) is 6.18. The molecule has 3 aromatic rings. The highest BCUT2D eigenvalue weighted by Crippen LogP contribution is 2.46. The first-order chi connectivity index (χ1) is 16.2. The third kappa shape index (κ3) is 3.01. The number of anilines is 1. The van der Waals surface area contributed by atoms with Gasteiger partial charge in [-0.05, 0) is 48.4 Å². The van der Waals surface area contributed by atoms with Crippen LogP contribution in [0.5, 0.6) is 0 Å². The molecule has 0 spiro atoms.